The van der Waals surface area contributed by atoms with E-state index in [4.69, 9.17) is 0 Å². The summed E-state index contributed by atoms with van der Waals surface area (Å²) in [5.41, 5.74) is -0.565. The zero-order chi connectivity index (χ0) is 14.3. The molecule has 1 aliphatic carbocycles. The minimum absolute atomic E-state index is 0.000926. The van der Waals surface area contributed by atoms with Gasteiger partial charge in [-0.05, 0) is 57.4 Å². The van der Waals surface area contributed by atoms with Gasteiger partial charge in [0, 0.05) is 6.54 Å². The van der Waals surface area contributed by atoms with Crippen LogP contribution in [0, 0.1) is 11.8 Å². The first kappa shape index (κ1) is 13.9. The van der Waals surface area contributed by atoms with Gasteiger partial charge >= 0.3 is 5.97 Å². The van der Waals surface area contributed by atoms with E-state index in [-0.39, 0.29) is 11.8 Å². The molecule has 0 aromatic heterocycles. The number of carboxylic acids is 1. The standard InChI is InChI=1S/C15H24N2O3/c1-15(7-2-3-8-16-15)14(20)17-9-10-5-4-6-11(10)12(17)13(18)19/h10-12,16H,2-9H2,1H3,(H,18,19). The van der Waals surface area contributed by atoms with E-state index < -0.39 is 17.6 Å². The van der Waals surface area contributed by atoms with Crippen LogP contribution in [0.1, 0.15) is 45.4 Å². The van der Waals surface area contributed by atoms with Crippen LogP contribution in [0.5, 0.6) is 0 Å². The van der Waals surface area contributed by atoms with Crippen molar-refractivity contribution in [2.24, 2.45) is 11.8 Å². The minimum Gasteiger partial charge on any atom is -0.480 e. The summed E-state index contributed by atoms with van der Waals surface area (Å²) in [4.78, 5) is 26.2. The third-order valence-electron chi connectivity index (χ3n) is 5.50. The number of hydrogen-bond acceptors (Lipinski definition) is 3. The van der Waals surface area contributed by atoms with E-state index in [0.29, 0.717) is 12.5 Å². The molecule has 20 heavy (non-hydrogen) atoms. The van der Waals surface area contributed by atoms with E-state index in [1.54, 1.807) is 4.90 Å². The van der Waals surface area contributed by atoms with Crippen molar-refractivity contribution >= 4 is 11.9 Å². The smallest absolute Gasteiger partial charge is 0.326 e. The molecule has 3 aliphatic rings. The molecule has 2 saturated heterocycles. The number of carboxylic acid groups (broad SMARTS) is 1. The number of piperidine rings is 1. The van der Waals surface area contributed by atoms with Gasteiger partial charge in [0.25, 0.3) is 0 Å². The molecular formula is C15H24N2O3. The maximum Gasteiger partial charge on any atom is 0.326 e. The number of fused-ring (bicyclic) bond motifs is 1. The van der Waals surface area contributed by atoms with Gasteiger partial charge < -0.3 is 15.3 Å². The van der Waals surface area contributed by atoms with E-state index >= 15 is 0 Å². The number of likely N-dealkylation sites (tertiary alicyclic amines) is 1. The third-order valence-corrected chi connectivity index (χ3v) is 5.50. The predicted octanol–water partition coefficient (Wildman–Crippen LogP) is 1.23. The largest absolute Gasteiger partial charge is 0.480 e. The molecule has 112 valence electrons. The van der Waals surface area contributed by atoms with Crippen LogP contribution >= 0.6 is 0 Å². The first-order chi connectivity index (χ1) is 9.53. The fraction of sp³-hybridized carbons (Fsp3) is 0.867. The predicted molar refractivity (Wildman–Crippen MR) is 74.2 cm³/mol. The Balaban J connectivity index is 1.81. The van der Waals surface area contributed by atoms with E-state index in [9.17, 15) is 14.7 Å². The number of aliphatic carboxylic acids is 1. The summed E-state index contributed by atoms with van der Waals surface area (Å²) in [6, 6.07) is -0.601. The van der Waals surface area contributed by atoms with Crippen molar-refractivity contribution in [3.8, 4) is 0 Å². The normalized spacial score (nSPS) is 40.6. The van der Waals surface area contributed by atoms with Gasteiger partial charge in [0.1, 0.15) is 6.04 Å². The van der Waals surface area contributed by atoms with Gasteiger partial charge in [0.2, 0.25) is 5.91 Å². The van der Waals surface area contributed by atoms with Gasteiger partial charge in [-0.15, -0.1) is 0 Å². The molecule has 1 amide bonds. The van der Waals surface area contributed by atoms with Crippen molar-refractivity contribution < 1.29 is 14.7 Å². The van der Waals surface area contributed by atoms with Gasteiger partial charge in [0.05, 0.1) is 5.54 Å². The second kappa shape index (κ2) is 5.02. The summed E-state index contributed by atoms with van der Waals surface area (Å²) in [7, 11) is 0. The van der Waals surface area contributed by atoms with Crippen molar-refractivity contribution in [2.75, 3.05) is 13.1 Å². The Kier molecular flexibility index (Phi) is 3.48. The van der Waals surface area contributed by atoms with Crippen molar-refractivity contribution in [3.05, 3.63) is 0 Å². The zero-order valence-electron chi connectivity index (χ0n) is 12.1. The second-order valence-electron chi connectivity index (χ2n) is 6.81. The topological polar surface area (TPSA) is 69.6 Å². The maximum absolute atomic E-state index is 12.9. The lowest BCUT2D eigenvalue weighted by Gasteiger charge is -2.38. The van der Waals surface area contributed by atoms with E-state index in [1.165, 1.54) is 0 Å². The van der Waals surface area contributed by atoms with Crippen LogP contribution in [0.4, 0.5) is 0 Å². The zero-order valence-corrected chi connectivity index (χ0v) is 12.1. The number of rotatable bonds is 2. The Morgan fingerprint density at radius 1 is 1.25 bits per heavy atom. The Morgan fingerprint density at radius 2 is 2.05 bits per heavy atom. The van der Waals surface area contributed by atoms with Crippen LogP contribution in [-0.4, -0.2) is 46.6 Å². The van der Waals surface area contributed by atoms with Crippen LogP contribution in [0.25, 0.3) is 0 Å². The van der Waals surface area contributed by atoms with Crippen LogP contribution in [0.15, 0.2) is 0 Å². The molecule has 0 spiro atoms. The monoisotopic (exact) mass is 280 g/mol. The molecular weight excluding hydrogens is 256 g/mol. The molecule has 5 nitrogen and oxygen atoms in total. The number of nitrogens with zero attached hydrogens (tertiary/aromatic N) is 1. The van der Waals surface area contributed by atoms with Gasteiger partial charge in [0.15, 0.2) is 0 Å². The molecule has 0 aromatic rings. The molecule has 2 heterocycles. The van der Waals surface area contributed by atoms with E-state index in [2.05, 4.69) is 5.32 Å². The fourth-order valence-electron chi connectivity index (χ4n) is 4.39. The van der Waals surface area contributed by atoms with E-state index in [0.717, 1.165) is 45.1 Å². The van der Waals surface area contributed by atoms with Crippen molar-refractivity contribution in [1.82, 2.24) is 10.2 Å². The summed E-state index contributed by atoms with van der Waals surface area (Å²) in [5.74, 6) is -0.262. The van der Waals surface area contributed by atoms with Crippen LogP contribution in [0.3, 0.4) is 0 Å². The number of amides is 1. The average molecular weight is 280 g/mol. The molecule has 1 saturated carbocycles. The summed E-state index contributed by atoms with van der Waals surface area (Å²) in [6.07, 6.45) is 6.07. The number of carbonyl (C=O) groups excluding carboxylic acids is 1. The minimum atomic E-state index is -0.827. The average Bonchev–Trinajstić information content (AvgIpc) is 2.97. The Hall–Kier alpha value is -1.10. The lowest BCUT2D eigenvalue weighted by atomic mass is 9.89. The number of hydrogen-bond donors (Lipinski definition) is 2. The summed E-state index contributed by atoms with van der Waals surface area (Å²) in [5, 5.41) is 12.9. The SMILES string of the molecule is CC1(C(=O)N2CC3CCCC3C2C(=O)O)CCCCN1. The maximum atomic E-state index is 12.9. The quantitative estimate of drug-likeness (QED) is 0.798. The molecule has 0 radical (unpaired) electrons. The van der Waals surface area contributed by atoms with E-state index in [1.807, 2.05) is 6.92 Å². The Morgan fingerprint density at radius 3 is 2.70 bits per heavy atom. The highest BCUT2D eigenvalue weighted by Crippen LogP contribution is 2.43. The van der Waals surface area contributed by atoms with Crippen molar-refractivity contribution in [1.29, 1.82) is 0 Å². The summed E-state index contributed by atoms with van der Waals surface area (Å²) in [6.45, 7) is 3.42. The van der Waals surface area contributed by atoms with Crippen LogP contribution in [-0.2, 0) is 9.59 Å². The molecule has 3 rings (SSSR count). The fourth-order valence-corrected chi connectivity index (χ4v) is 4.39. The van der Waals surface area contributed by atoms with Gasteiger partial charge in [-0.25, -0.2) is 4.79 Å². The first-order valence-electron chi connectivity index (χ1n) is 7.82. The molecule has 0 bridgehead atoms. The molecule has 4 atom stereocenters. The first-order valence-corrected chi connectivity index (χ1v) is 7.82. The second-order valence-corrected chi connectivity index (χ2v) is 6.81. The van der Waals surface area contributed by atoms with Crippen LogP contribution < -0.4 is 5.32 Å². The Bertz CT molecular complexity index is 417. The van der Waals surface area contributed by atoms with Crippen molar-refractivity contribution in [2.45, 2.75) is 57.0 Å². The molecule has 3 fully saturated rings. The van der Waals surface area contributed by atoms with Gasteiger partial charge in [-0.2, -0.15) is 0 Å². The Labute approximate surface area is 119 Å². The highest BCUT2D eigenvalue weighted by molar-refractivity contribution is 5.90. The lowest BCUT2D eigenvalue weighted by Crippen LogP contribution is -2.60. The highest BCUT2D eigenvalue weighted by Gasteiger charge is 2.52. The molecule has 2 aliphatic heterocycles. The molecule has 0 aromatic carbocycles. The summed E-state index contributed by atoms with van der Waals surface area (Å²) < 4.78 is 0. The molecule has 4 unspecified atom stereocenters. The number of nitrogens with one attached hydrogen (secondary N) is 1. The summed E-state index contributed by atoms with van der Waals surface area (Å²) >= 11 is 0. The molecule has 5 heteroatoms. The van der Waals surface area contributed by atoms with Crippen LogP contribution in [0.2, 0.25) is 0 Å². The molecule has 2 N–H and O–H groups in total. The third kappa shape index (κ3) is 2.12. The van der Waals surface area contributed by atoms with Gasteiger partial charge in [-0.1, -0.05) is 6.42 Å². The van der Waals surface area contributed by atoms with Gasteiger partial charge in [-0.3, -0.25) is 4.79 Å². The highest BCUT2D eigenvalue weighted by atomic mass is 16.4. The lowest BCUT2D eigenvalue weighted by molar-refractivity contribution is -0.152. The number of carbonyl (C=O) groups is 2. The van der Waals surface area contributed by atoms with Crippen molar-refractivity contribution in [3.63, 3.8) is 0 Å².